The molecule has 6 aromatic rings. The van der Waals surface area contributed by atoms with E-state index in [-0.39, 0.29) is 11.3 Å². The predicted molar refractivity (Wildman–Crippen MR) is 148 cm³/mol. The van der Waals surface area contributed by atoms with Crippen molar-refractivity contribution in [2.75, 3.05) is 5.32 Å². The SMILES string of the molecule is CC(C)(C)CC(=O)Nc1cncc(-c2cnc3[nH]cc(-c4nc5c(-c6ccncc6)cncc5[nH]4)c3c2)c1. The summed E-state index contributed by atoms with van der Waals surface area (Å²) < 4.78 is 0. The average Bonchev–Trinajstić information content (AvgIpc) is 3.51. The summed E-state index contributed by atoms with van der Waals surface area (Å²) in [6.45, 7) is 6.11. The van der Waals surface area contributed by atoms with E-state index in [1.54, 1.807) is 37.2 Å². The molecular formula is C29H26N8O. The summed E-state index contributed by atoms with van der Waals surface area (Å²) in [4.78, 5) is 41.5. The number of aromatic nitrogens is 7. The van der Waals surface area contributed by atoms with Gasteiger partial charge < -0.3 is 15.3 Å². The van der Waals surface area contributed by atoms with Crippen LogP contribution in [0.5, 0.6) is 0 Å². The number of imidazole rings is 1. The third-order valence-corrected chi connectivity index (χ3v) is 6.22. The Kier molecular flexibility index (Phi) is 5.68. The number of fused-ring (bicyclic) bond motifs is 2. The molecule has 0 aliphatic rings. The van der Waals surface area contributed by atoms with E-state index in [4.69, 9.17) is 4.98 Å². The quantitative estimate of drug-likeness (QED) is 0.265. The zero-order chi connectivity index (χ0) is 26.3. The van der Waals surface area contributed by atoms with Crippen molar-refractivity contribution in [1.82, 2.24) is 34.9 Å². The molecule has 0 bridgehead atoms. The Balaban J connectivity index is 1.36. The van der Waals surface area contributed by atoms with Gasteiger partial charge in [0.25, 0.3) is 0 Å². The van der Waals surface area contributed by atoms with Gasteiger partial charge in [-0.2, -0.15) is 0 Å². The molecular weight excluding hydrogens is 476 g/mol. The molecule has 188 valence electrons. The Bertz CT molecular complexity index is 1780. The molecule has 9 nitrogen and oxygen atoms in total. The third-order valence-electron chi connectivity index (χ3n) is 6.22. The number of carbonyl (C=O) groups is 1. The largest absolute Gasteiger partial charge is 0.345 e. The number of hydrogen-bond donors (Lipinski definition) is 3. The molecule has 0 radical (unpaired) electrons. The first-order valence-electron chi connectivity index (χ1n) is 12.3. The van der Waals surface area contributed by atoms with E-state index in [1.165, 1.54) is 0 Å². The zero-order valence-electron chi connectivity index (χ0n) is 21.3. The van der Waals surface area contributed by atoms with Gasteiger partial charge in [0.2, 0.25) is 5.91 Å². The fraction of sp³-hybridized carbons (Fsp3) is 0.172. The highest BCUT2D eigenvalue weighted by molar-refractivity contribution is 5.98. The number of nitrogens with one attached hydrogen (secondary N) is 3. The fourth-order valence-electron chi connectivity index (χ4n) is 4.51. The minimum absolute atomic E-state index is 0.0385. The lowest BCUT2D eigenvalue weighted by Crippen LogP contribution is -2.19. The van der Waals surface area contributed by atoms with E-state index in [1.807, 2.05) is 51.4 Å². The number of H-pyrrole nitrogens is 2. The first-order valence-corrected chi connectivity index (χ1v) is 12.3. The van der Waals surface area contributed by atoms with Crippen molar-refractivity contribution in [3.8, 4) is 33.6 Å². The molecule has 0 saturated heterocycles. The lowest BCUT2D eigenvalue weighted by Gasteiger charge is -2.17. The van der Waals surface area contributed by atoms with Gasteiger partial charge in [-0.15, -0.1) is 0 Å². The van der Waals surface area contributed by atoms with Gasteiger partial charge in [-0.05, 0) is 35.2 Å². The highest BCUT2D eigenvalue weighted by Crippen LogP contribution is 2.33. The fourth-order valence-corrected chi connectivity index (χ4v) is 4.51. The summed E-state index contributed by atoms with van der Waals surface area (Å²) in [6, 6.07) is 7.86. The molecule has 0 saturated carbocycles. The van der Waals surface area contributed by atoms with Gasteiger partial charge >= 0.3 is 0 Å². The van der Waals surface area contributed by atoms with Crippen molar-refractivity contribution < 1.29 is 4.79 Å². The van der Waals surface area contributed by atoms with Crippen LogP contribution in [0, 0.1) is 5.41 Å². The van der Waals surface area contributed by atoms with Gasteiger partial charge in [-0.25, -0.2) is 9.97 Å². The van der Waals surface area contributed by atoms with Gasteiger partial charge in [0.1, 0.15) is 11.5 Å². The van der Waals surface area contributed by atoms with Crippen LogP contribution in [0.25, 0.3) is 55.7 Å². The molecule has 0 unspecified atom stereocenters. The van der Waals surface area contributed by atoms with Gasteiger partial charge in [0.05, 0.1) is 29.1 Å². The standard InChI is InChI=1S/C29H26N8O/c1-29(2,3)10-25(38)35-20-8-18(11-31-13-20)19-9-21-23(15-34-27(21)33-12-19)28-36-24-16-32-14-22(26(24)37-28)17-4-6-30-7-5-17/h4-9,11-16H,10H2,1-3H3,(H,33,34)(H,35,38)(H,36,37). The van der Waals surface area contributed by atoms with Crippen LogP contribution in [0.1, 0.15) is 27.2 Å². The highest BCUT2D eigenvalue weighted by Gasteiger charge is 2.17. The normalized spacial score (nSPS) is 11.8. The van der Waals surface area contributed by atoms with E-state index in [9.17, 15) is 4.79 Å². The number of anilines is 1. The van der Waals surface area contributed by atoms with Gasteiger partial charge in [0.15, 0.2) is 0 Å². The van der Waals surface area contributed by atoms with Crippen molar-refractivity contribution >= 4 is 33.7 Å². The Hall–Kier alpha value is -4.92. The van der Waals surface area contributed by atoms with E-state index >= 15 is 0 Å². The van der Waals surface area contributed by atoms with Gasteiger partial charge in [-0.3, -0.25) is 19.7 Å². The van der Waals surface area contributed by atoms with Crippen molar-refractivity contribution in [2.24, 2.45) is 5.41 Å². The first-order chi connectivity index (χ1) is 18.3. The maximum absolute atomic E-state index is 12.4. The van der Waals surface area contributed by atoms with E-state index in [2.05, 4.69) is 41.3 Å². The zero-order valence-corrected chi connectivity index (χ0v) is 21.3. The molecule has 6 heterocycles. The van der Waals surface area contributed by atoms with E-state index < -0.39 is 0 Å². The summed E-state index contributed by atoms with van der Waals surface area (Å²) in [6.07, 6.45) is 14.7. The number of rotatable bonds is 5. The summed E-state index contributed by atoms with van der Waals surface area (Å²) in [5, 5.41) is 3.88. The second-order valence-electron chi connectivity index (χ2n) is 10.5. The second-order valence-corrected chi connectivity index (χ2v) is 10.5. The number of hydrogen-bond acceptors (Lipinski definition) is 6. The summed E-state index contributed by atoms with van der Waals surface area (Å²) in [7, 11) is 0. The van der Waals surface area contributed by atoms with Crippen LogP contribution in [0.15, 0.2) is 73.8 Å². The summed E-state index contributed by atoms with van der Waals surface area (Å²) in [5.41, 5.74) is 7.55. The lowest BCUT2D eigenvalue weighted by atomic mass is 9.92. The minimum Gasteiger partial charge on any atom is -0.345 e. The topological polar surface area (TPSA) is 125 Å². The Morgan fingerprint density at radius 3 is 2.50 bits per heavy atom. The van der Waals surface area contributed by atoms with Crippen LogP contribution in [0.2, 0.25) is 0 Å². The van der Waals surface area contributed by atoms with E-state index in [0.717, 1.165) is 55.7 Å². The average molecular weight is 503 g/mol. The van der Waals surface area contributed by atoms with E-state index in [0.29, 0.717) is 12.1 Å². The molecule has 0 aliphatic heterocycles. The van der Waals surface area contributed by atoms with Crippen LogP contribution < -0.4 is 5.32 Å². The van der Waals surface area contributed by atoms with Crippen LogP contribution in [-0.2, 0) is 4.79 Å². The molecule has 6 rings (SSSR count). The van der Waals surface area contributed by atoms with Crippen LogP contribution >= 0.6 is 0 Å². The smallest absolute Gasteiger partial charge is 0.224 e. The number of nitrogens with zero attached hydrogens (tertiary/aromatic N) is 5. The number of carbonyl (C=O) groups excluding carboxylic acids is 1. The number of amides is 1. The molecule has 0 spiro atoms. The molecule has 3 N–H and O–H groups in total. The van der Waals surface area contributed by atoms with Gasteiger partial charge in [-0.1, -0.05) is 20.8 Å². The summed E-state index contributed by atoms with van der Waals surface area (Å²) in [5.74, 6) is 0.679. The van der Waals surface area contributed by atoms with Crippen molar-refractivity contribution in [3.63, 3.8) is 0 Å². The maximum Gasteiger partial charge on any atom is 0.224 e. The minimum atomic E-state index is -0.0967. The molecule has 9 heteroatoms. The lowest BCUT2D eigenvalue weighted by molar-refractivity contribution is -0.117. The second kappa shape index (κ2) is 9.19. The van der Waals surface area contributed by atoms with Crippen molar-refractivity contribution in [3.05, 3.63) is 73.8 Å². The Labute approximate surface area is 218 Å². The highest BCUT2D eigenvalue weighted by atomic mass is 16.1. The monoisotopic (exact) mass is 502 g/mol. The third kappa shape index (κ3) is 4.61. The molecule has 6 aromatic heterocycles. The first kappa shape index (κ1) is 23.5. The maximum atomic E-state index is 12.4. The van der Waals surface area contributed by atoms with Crippen LogP contribution in [0.4, 0.5) is 5.69 Å². The molecule has 0 aliphatic carbocycles. The van der Waals surface area contributed by atoms with Gasteiger partial charge in [0, 0.05) is 71.2 Å². The van der Waals surface area contributed by atoms with Crippen molar-refractivity contribution in [2.45, 2.75) is 27.2 Å². The Morgan fingerprint density at radius 1 is 0.895 bits per heavy atom. The molecule has 0 atom stereocenters. The summed E-state index contributed by atoms with van der Waals surface area (Å²) >= 11 is 0. The molecule has 0 aromatic carbocycles. The number of pyridine rings is 4. The molecule has 1 amide bonds. The predicted octanol–water partition coefficient (Wildman–Crippen LogP) is 6.00. The Morgan fingerprint density at radius 2 is 1.68 bits per heavy atom. The molecule has 38 heavy (non-hydrogen) atoms. The van der Waals surface area contributed by atoms with Crippen molar-refractivity contribution in [1.29, 1.82) is 0 Å². The molecule has 0 fully saturated rings. The van der Waals surface area contributed by atoms with Crippen LogP contribution in [-0.4, -0.2) is 40.8 Å². The number of aromatic amines is 2. The van der Waals surface area contributed by atoms with Crippen LogP contribution in [0.3, 0.4) is 0 Å².